The molecule has 0 aliphatic carbocycles. The third-order valence-electron chi connectivity index (χ3n) is 12.6. The Bertz CT molecular complexity index is 2580. The molecule has 25 nitrogen and oxygen atoms in total. The number of benzene rings is 2. The minimum atomic E-state index is -1.69. The number of fused-ring (bicyclic) bond motifs is 1. The molecule has 7 atom stereocenters. The number of aliphatic imine (C=N–C) groups is 2. The number of aromatic nitrogens is 1. The number of rotatable bonds is 18. The number of hydrogen-bond donors (Lipinski definition) is 13. The summed E-state index contributed by atoms with van der Waals surface area (Å²) >= 11 is 0. The lowest BCUT2D eigenvalue weighted by Gasteiger charge is -2.27. The predicted molar refractivity (Wildman–Crippen MR) is 283 cm³/mol. The number of H-pyrrole nitrogens is 1. The summed E-state index contributed by atoms with van der Waals surface area (Å²) in [5.41, 5.74) is 30.0. The van der Waals surface area contributed by atoms with E-state index in [1.54, 1.807) is 36.5 Å². The molecule has 1 aromatic heterocycles. The SMILES string of the molecule is CC(=O)NC[C@@H]1NC(=O)[C@@H](NC(=O)[C@H](CCCN=C(N)N)NC(C)=O)CC(=O)NCCCC[C@@H](C(N)=O)NC(=O)[C@H](Cc2c[nH]c3ccccc23)CC(=O)[C@H](CCCN=C(N)N)CC(=O)[C@@H](Cc2ccccc2)NC1=O. The van der Waals surface area contributed by atoms with Gasteiger partial charge in [-0.15, -0.1) is 0 Å². The van der Waals surface area contributed by atoms with Gasteiger partial charge in [-0.3, -0.25) is 57.9 Å². The Morgan fingerprint density at radius 2 is 1.36 bits per heavy atom. The van der Waals surface area contributed by atoms with E-state index in [-0.39, 0.29) is 95.8 Å². The zero-order chi connectivity index (χ0) is 55.7. The number of aromatic amines is 1. The molecule has 1 aliphatic heterocycles. The maximum atomic E-state index is 14.8. The highest BCUT2D eigenvalue weighted by atomic mass is 16.2. The van der Waals surface area contributed by atoms with Gasteiger partial charge < -0.3 is 70.9 Å². The number of guanidine groups is 2. The monoisotopic (exact) mass is 1060 g/mol. The molecule has 0 radical (unpaired) electrons. The van der Waals surface area contributed by atoms with E-state index in [1.165, 1.54) is 13.8 Å². The molecule has 0 saturated carbocycles. The van der Waals surface area contributed by atoms with Crippen LogP contribution >= 0.6 is 0 Å². The van der Waals surface area contributed by atoms with Gasteiger partial charge in [0.25, 0.3) is 0 Å². The fourth-order valence-electron chi connectivity index (χ4n) is 8.67. The van der Waals surface area contributed by atoms with Crippen molar-refractivity contribution in [1.82, 2.24) is 42.2 Å². The minimum absolute atomic E-state index is 0.00646. The summed E-state index contributed by atoms with van der Waals surface area (Å²) < 4.78 is 0. The van der Waals surface area contributed by atoms with Gasteiger partial charge in [0.1, 0.15) is 30.0 Å². The number of para-hydroxylation sites is 1. The van der Waals surface area contributed by atoms with Crippen LogP contribution in [0.15, 0.2) is 70.8 Å². The third kappa shape index (κ3) is 20.9. The number of ketones is 2. The highest BCUT2D eigenvalue weighted by Gasteiger charge is 2.36. The fourth-order valence-corrected chi connectivity index (χ4v) is 8.67. The van der Waals surface area contributed by atoms with Crippen LogP contribution in [0.1, 0.15) is 89.2 Å². The van der Waals surface area contributed by atoms with Crippen molar-refractivity contribution in [1.29, 1.82) is 0 Å². The number of hydrogen-bond acceptors (Lipinski definition) is 12. The van der Waals surface area contributed by atoms with Crippen molar-refractivity contribution in [3.63, 3.8) is 0 Å². The fraction of sp³-hybridized carbons (Fsp3) is 0.490. The molecule has 76 heavy (non-hydrogen) atoms. The Labute approximate surface area is 440 Å². The van der Waals surface area contributed by atoms with Gasteiger partial charge in [-0.05, 0) is 75.0 Å². The first-order valence-corrected chi connectivity index (χ1v) is 25.2. The van der Waals surface area contributed by atoms with Crippen LogP contribution in [0.5, 0.6) is 0 Å². The van der Waals surface area contributed by atoms with Crippen molar-refractivity contribution in [3.8, 4) is 0 Å². The molecule has 25 heteroatoms. The van der Waals surface area contributed by atoms with E-state index in [0.29, 0.717) is 11.1 Å². The van der Waals surface area contributed by atoms with E-state index in [1.807, 2.05) is 24.3 Å². The van der Waals surface area contributed by atoms with Crippen LogP contribution < -0.4 is 65.9 Å². The zero-order valence-electron chi connectivity index (χ0n) is 43.0. The molecule has 412 valence electrons. The lowest BCUT2D eigenvalue weighted by molar-refractivity contribution is -0.136. The minimum Gasteiger partial charge on any atom is -0.370 e. The number of carbonyl (C=O) groups is 10. The first-order valence-electron chi connectivity index (χ1n) is 25.2. The van der Waals surface area contributed by atoms with E-state index in [2.05, 4.69) is 52.2 Å². The van der Waals surface area contributed by atoms with E-state index in [9.17, 15) is 47.9 Å². The molecule has 0 spiro atoms. The van der Waals surface area contributed by atoms with E-state index < -0.39 is 120 Å². The van der Waals surface area contributed by atoms with Crippen LogP contribution in [0, 0.1) is 11.8 Å². The van der Waals surface area contributed by atoms with Crippen molar-refractivity contribution in [2.24, 2.45) is 50.5 Å². The topological polar surface area (TPSA) is 426 Å². The lowest BCUT2D eigenvalue weighted by Crippen LogP contribution is -2.60. The Kier molecular flexibility index (Phi) is 24.3. The average molecular weight is 1060 g/mol. The summed E-state index contributed by atoms with van der Waals surface area (Å²) in [6, 6.07) is 8.98. The van der Waals surface area contributed by atoms with Gasteiger partial charge in [-0.25, -0.2) is 0 Å². The lowest BCUT2D eigenvalue weighted by atomic mass is 9.83. The van der Waals surface area contributed by atoms with E-state index in [4.69, 9.17) is 28.7 Å². The van der Waals surface area contributed by atoms with Crippen LogP contribution in [0.4, 0.5) is 0 Å². The van der Waals surface area contributed by atoms with Crippen LogP contribution in [0.3, 0.4) is 0 Å². The number of Topliss-reactive ketones (excluding diaryl/α,β-unsaturated/α-hetero) is 2. The molecular formula is C51H73N15O10. The average Bonchev–Trinajstić information content (AvgIpc) is 3.77. The van der Waals surface area contributed by atoms with Crippen LogP contribution in [-0.4, -0.2) is 132 Å². The van der Waals surface area contributed by atoms with Crippen molar-refractivity contribution in [2.45, 2.75) is 121 Å². The van der Waals surface area contributed by atoms with Crippen LogP contribution in [0.25, 0.3) is 10.9 Å². The zero-order valence-corrected chi connectivity index (χ0v) is 43.0. The summed E-state index contributed by atoms with van der Waals surface area (Å²) in [5.74, 6) is -9.79. The molecule has 18 N–H and O–H groups in total. The first kappa shape index (κ1) is 60.2. The van der Waals surface area contributed by atoms with Gasteiger partial charge in [-0.2, -0.15) is 0 Å². The summed E-state index contributed by atoms with van der Waals surface area (Å²) in [6.07, 6.45) is 1.31. The number of carbonyl (C=O) groups excluding carboxylic acids is 10. The van der Waals surface area contributed by atoms with Gasteiger partial charge in [0.15, 0.2) is 17.7 Å². The molecule has 4 rings (SSSR count). The van der Waals surface area contributed by atoms with Gasteiger partial charge in [0.2, 0.25) is 47.3 Å². The normalized spacial score (nSPS) is 21.1. The predicted octanol–water partition coefficient (Wildman–Crippen LogP) is -2.03. The van der Waals surface area contributed by atoms with Gasteiger partial charge >= 0.3 is 0 Å². The third-order valence-corrected chi connectivity index (χ3v) is 12.6. The molecule has 3 aromatic rings. The maximum absolute atomic E-state index is 14.8. The number of nitrogens with two attached hydrogens (primary N) is 5. The van der Waals surface area contributed by atoms with Crippen molar-refractivity contribution in [2.75, 3.05) is 26.2 Å². The molecule has 2 heterocycles. The van der Waals surface area contributed by atoms with Crippen LogP contribution in [-0.2, 0) is 60.8 Å². The highest BCUT2D eigenvalue weighted by molar-refractivity contribution is 5.99. The molecule has 1 aliphatic rings. The number of nitrogens with one attached hydrogen (secondary N) is 8. The first-order chi connectivity index (χ1) is 36.2. The smallest absolute Gasteiger partial charge is 0.245 e. The number of amides is 8. The molecule has 1 fully saturated rings. The van der Waals surface area contributed by atoms with E-state index >= 15 is 0 Å². The molecule has 8 amide bonds. The van der Waals surface area contributed by atoms with Crippen molar-refractivity contribution >= 4 is 81.6 Å². The summed E-state index contributed by atoms with van der Waals surface area (Å²) in [7, 11) is 0. The summed E-state index contributed by atoms with van der Waals surface area (Å²) in [6.45, 7) is 2.05. The number of nitrogens with zero attached hydrogens (tertiary/aromatic N) is 2. The number of primary amides is 1. The Morgan fingerprint density at radius 1 is 0.697 bits per heavy atom. The van der Waals surface area contributed by atoms with Crippen LogP contribution in [0.2, 0.25) is 0 Å². The molecule has 0 unspecified atom stereocenters. The Morgan fingerprint density at radius 3 is 2.03 bits per heavy atom. The van der Waals surface area contributed by atoms with Gasteiger partial charge in [0, 0.05) is 81.8 Å². The second kappa shape index (κ2) is 30.7. The van der Waals surface area contributed by atoms with Crippen molar-refractivity contribution < 1.29 is 47.9 Å². The van der Waals surface area contributed by atoms with Gasteiger partial charge in [0.05, 0.1) is 12.5 Å². The molecular weight excluding hydrogens is 983 g/mol. The quantitative estimate of drug-likeness (QED) is 0.0371. The second-order valence-electron chi connectivity index (χ2n) is 18.8. The standard InChI is InChI=1S/C51H73N15O10/c1-29(67)60-28-41-49(76)64-39(22-31-12-4-3-5-13-31)43(70)24-32(14-10-20-58-50(53)54)42(69)25-33(23-34-27-61-36-16-7-6-15-35(34)36)46(73)63-37(45(52)72)17-8-9-19-57-44(71)26-40(48(75)66-41)65-47(74)38(62-30(2)68)18-11-21-59-51(55)56/h3-7,12-13,15-16,27,32-33,37-41,61H,8-11,14,17-26,28H2,1-2H3,(H2,52,72)(H,57,71)(H,60,67)(H,62,68)(H,63,73)(H,64,76)(H,65,74)(H,66,75)(H4,53,54,58)(H4,55,56,59)/t32-,33-,37+,38+,39-,40+,41+/m1/s1. The maximum Gasteiger partial charge on any atom is 0.245 e. The second-order valence-corrected chi connectivity index (χ2v) is 18.8. The highest BCUT2D eigenvalue weighted by Crippen LogP contribution is 2.26. The summed E-state index contributed by atoms with van der Waals surface area (Å²) in [5, 5.41) is 19.0. The van der Waals surface area contributed by atoms with E-state index in [0.717, 1.165) is 10.9 Å². The van der Waals surface area contributed by atoms with Gasteiger partial charge in [-0.1, -0.05) is 48.5 Å². The Balaban J connectivity index is 1.79. The Hall–Kier alpha value is -8.38. The molecule has 0 bridgehead atoms. The van der Waals surface area contributed by atoms with Crippen molar-refractivity contribution in [3.05, 3.63) is 71.9 Å². The largest absolute Gasteiger partial charge is 0.370 e. The molecule has 2 aromatic carbocycles. The summed E-state index contributed by atoms with van der Waals surface area (Å²) in [4.78, 5) is 148. The molecule has 1 saturated heterocycles.